The van der Waals surface area contributed by atoms with Crippen LogP contribution in [-0.4, -0.2) is 25.6 Å². The number of nitro benzene ring substituents is 1. The van der Waals surface area contributed by atoms with Crippen molar-refractivity contribution in [1.29, 1.82) is 0 Å². The van der Waals surface area contributed by atoms with Crippen molar-refractivity contribution in [3.63, 3.8) is 0 Å². The van der Waals surface area contributed by atoms with E-state index in [0.717, 1.165) is 0 Å². The maximum absolute atomic E-state index is 11.0. The Morgan fingerprint density at radius 2 is 2.06 bits per heavy atom. The van der Waals surface area contributed by atoms with Gasteiger partial charge in [0, 0.05) is 0 Å². The van der Waals surface area contributed by atoms with Crippen molar-refractivity contribution >= 4 is 12.2 Å². The van der Waals surface area contributed by atoms with Crippen molar-refractivity contribution in [2.75, 3.05) is 14.2 Å². The molecule has 0 fully saturated rings. The maximum Gasteiger partial charge on any atom is 0.321 e. The van der Waals surface area contributed by atoms with Gasteiger partial charge in [0.25, 0.3) is 6.47 Å². The van der Waals surface area contributed by atoms with Gasteiger partial charge in [0.05, 0.1) is 24.7 Å². The minimum Gasteiger partial charge on any atom is -0.493 e. The lowest BCUT2D eigenvalue weighted by molar-refractivity contribution is -0.386. The van der Waals surface area contributed by atoms with Crippen molar-refractivity contribution in [2.45, 2.75) is 6.61 Å². The van der Waals surface area contributed by atoms with Crippen molar-refractivity contribution in [3.05, 3.63) is 27.8 Å². The molecule has 1 aromatic rings. The minimum absolute atomic E-state index is 0.00417. The SMILES string of the molecule is COc1ccc(COC=O)c([N+](=O)[O-])c1OC. The zero-order valence-electron chi connectivity index (χ0n) is 9.34. The largest absolute Gasteiger partial charge is 0.493 e. The van der Waals surface area contributed by atoms with Crippen LogP contribution in [0.1, 0.15) is 5.56 Å². The first-order valence-electron chi connectivity index (χ1n) is 4.59. The molecule has 0 atom stereocenters. The summed E-state index contributed by atoms with van der Waals surface area (Å²) in [5.41, 5.74) is -0.0338. The molecule has 0 unspecified atom stereocenters. The first kappa shape index (κ1) is 12.8. The second kappa shape index (κ2) is 5.69. The summed E-state index contributed by atoms with van der Waals surface area (Å²) in [7, 11) is 2.68. The van der Waals surface area contributed by atoms with Gasteiger partial charge in [0.15, 0.2) is 5.75 Å². The van der Waals surface area contributed by atoms with Crippen LogP contribution in [0.15, 0.2) is 12.1 Å². The molecule has 0 bridgehead atoms. The van der Waals surface area contributed by atoms with Crippen LogP contribution in [0.2, 0.25) is 0 Å². The highest BCUT2D eigenvalue weighted by molar-refractivity contribution is 5.60. The summed E-state index contributed by atoms with van der Waals surface area (Å²) in [5.74, 6) is 0.249. The fraction of sp³-hybridized carbons (Fsp3) is 0.300. The summed E-state index contributed by atoms with van der Waals surface area (Å²) in [6.45, 7) is 0.0284. The lowest BCUT2D eigenvalue weighted by Gasteiger charge is -2.10. The number of nitro groups is 1. The molecule has 0 amide bonds. The number of carbonyl (C=O) groups is 1. The summed E-state index contributed by atoms with van der Waals surface area (Å²) in [5, 5.41) is 11.0. The number of benzene rings is 1. The minimum atomic E-state index is -0.606. The molecule has 1 aromatic carbocycles. The molecule has 0 aliphatic heterocycles. The number of nitrogens with zero attached hydrogens (tertiary/aromatic N) is 1. The van der Waals surface area contributed by atoms with E-state index in [1.807, 2.05) is 0 Å². The predicted octanol–water partition coefficient (Wildman–Crippen LogP) is 1.28. The van der Waals surface area contributed by atoms with Crippen molar-refractivity contribution in [2.24, 2.45) is 0 Å². The highest BCUT2D eigenvalue weighted by Gasteiger charge is 2.25. The Morgan fingerprint density at radius 3 is 2.53 bits per heavy atom. The van der Waals surface area contributed by atoms with Crippen molar-refractivity contribution in [1.82, 2.24) is 0 Å². The monoisotopic (exact) mass is 241 g/mol. The number of rotatable bonds is 6. The quantitative estimate of drug-likeness (QED) is 0.423. The summed E-state index contributed by atoms with van der Waals surface area (Å²) >= 11 is 0. The number of methoxy groups -OCH3 is 2. The van der Waals surface area contributed by atoms with Crippen LogP contribution >= 0.6 is 0 Å². The summed E-state index contributed by atoms with van der Waals surface area (Å²) < 4.78 is 14.4. The molecule has 0 aliphatic carbocycles. The topological polar surface area (TPSA) is 87.9 Å². The van der Waals surface area contributed by atoms with E-state index in [0.29, 0.717) is 0 Å². The lowest BCUT2D eigenvalue weighted by atomic mass is 10.1. The summed E-state index contributed by atoms with van der Waals surface area (Å²) in [4.78, 5) is 20.4. The molecule has 0 heterocycles. The highest BCUT2D eigenvalue weighted by Crippen LogP contribution is 2.39. The smallest absolute Gasteiger partial charge is 0.321 e. The number of carbonyl (C=O) groups excluding carboxylic acids is 1. The van der Waals surface area contributed by atoms with Crippen LogP contribution < -0.4 is 9.47 Å². The van der Waals surface area contributed by atoms with Crippen LogP contribution in [0.3, 0.4) is 0 Å². The van der Waals surface area contributed by atoms with Gasteiger partial charge in [-0.25, -0.2) is 0 Å². The zero-order chi connectivity index (χ0) is 12.8. The zero-order valence-corrected chi connectivity index (χ0v) is 9.34. The van der Waals surface area contributed by atoms with Crippen molar-refractivity contribution in [3.8, 4) is 11.5 Å². The van der Waals surface area contributed by atoms with E-state index in [1.54, 1.807) is 0 Å². The van der Waals surface area contributed by atoms with Crippen molar-refractivity contribution < 1.29 is 23.9 Å². The molecule has 0 N–H and O–H groups in total. The molecule has 0 aliphatic rings. The molecule has 0 saturated carbocycles. The van der Waals surface area contributed by atoms with E-state index in [1.165, 1.54) is 26.4 Å². The molecule has 0 saturated heterocycles. The molecule has 1 rings (SSSR count). The van der Waals surface area contributed by atoms with E-state index in [9.17, 15) is 14.9 Å². The molecule has 0 aromatic heterocycles. The lowest BCUT2D eigenvalue weighted by Crippen LogP contribution is -2.02. The van der Waals surface area contributed by atoms with Gasteiger partial charge in [0.1, 0.15) is 6.61 Å². The second-order valence-electron chi connectivity index (χ2n) is 2.97. The van der Waals surface area contributed by atoms with E-state index in [4.69, 9.17) is 9.47 Å². The van der Waals surface area contributed by atoms with Gasteiger partial charge >= 0.3 is 5.69 Å². The van der Waals surface area contributed by atoms with Gasteiger partial charge in [0.2, 0.25) is 5.75 Å². The van der Waals surface area contributed by atoms with Gasteiger partial charge < -0.3 is 14.2 Å². The summed E-state index contributed by atoms with van der Waals surface area (Å²) in [6, 6.07) is 2.96. The number of hydrogen-bond donors (Lipinski definition) is 0. The number of hydrogen-bond acceptors (Lipinski definition) is 6. The van der Waals surface area contributed by atoms with Crippen LogP contribution in [0.4, 0.5) is 5.69 Å². The van der Waals surface area contributed by atoms with E-state index in [2.05, 4.69) is 4.74 Å². The molecular weight excluding hydrogens is 230 g/mol. The fourth-order valence-corrected chi connectivity index (χ4v) is 1.39. The first-order valence-corrected chi connectivity index (χ1v) is 4.59. The van der Waals surface area contributed by atoms with Gasteiger partial charge in [-0.1, -0.05) is 0 Å². The van der Waals surface area contributed by atoms with Gasteiger partial charge in [-0.05, 0) is 12.1 Å². The average molecular weight is 241 g/mol. The first-order chi connectivity index (χ1) is 8.15. The fourth-order valence-electron chi connectivity index (χ4n) is 1.39. The standard InChI is InChI=1S/C10H11NO6/c1-15-8-4-3-7(5-17-6-12)9(11(13)14)10(8)16-2/h3-4,6H,5H2,1-2H3. The van der Waals surface area contributed by atoms with E-state index < -0.39 is 4.92 Å². The normalized spacial score (nSPS) is 9.53. The summed E-state index contributed by atoms with van der Waals surface area (Å²) in [6.07, 6.45) is 0. The van der Waals surface area contributed by atoms with Crippen LogP contribution in [0.5, 0.6) is 11.5 Å². The molecule has 92 valence electrons. The van der Waals surface area contributed by atoms with E-state index in [-0.39, 0.29) is 35.8 Å². The molecule has 7 heteroatoms. The third-order valence-corrected chi connectivity index (χ3v) is 2.09. The molecular formula is C10H11NO6. The molecule has 7 nitrogen and oxygen atoms in total. The Balaban J connectivity index is 3.31. The Hall–Kier alpha value is -2.31. The molecule has 0 spiro atoms. The van der Waals surface area contributed by atoms with Gasteiger partial charge in [-0.3, -0.25) is 14.9 Å². The third-order valence-electron chi connectivity index (χ3n) is 2.09. The maximum atomic E-state index is 11.0. The highest BCUT2D eigenvalue weighted by atomic mass is 16.6. The van der Waals surface area contributed by atoms with Crippen LogP contribution in [-0.2, 0) is 16.1 Å². The van der Waals surface area contributed by atoms with E-state index >= 15 is 0 Å². The predicted molar refractivity (Wildman–Crippen MR) is 57.1 cm³/mol. The molecule has 0 radical (unpaired) electrons. The third kappa shape index (κ3) is 2.63. The van der Waals surface area contributed by atoms with Gasteiger partial charge in [-0.2, -0.15) is 0 Å². The second-order valence-corrected chi connectivity index (χ2v) is 2.97. The average Bonchev–Trinajstić information content (AvgIpc) is 2.34. The Labute approximate surface area is 97.0 Å². The Bertz CT molecular complexity index is 431. The Kier molecular flexibility index (Phi) is 4.27. The number of ether oxygens (including phenoxy) is 3. The van der Waals surface area contributed by atoms with Crippen LogP contribution in [0.25, 0.3) is 0 Å². The molecule has 17 heavy (non-hydrogen) atoms. The van der Waals surface area contributed by atoms with Crippen LogP contribution in [0, 0.1) is 10.1 Å². The Morgan fingerprint density at radius 1 is 1.35 bits per heavy atom. The van der Waals surface area contributed by atoms with Gasteiger partial charge in [-0.15, -0.1) is 0 Å².